The lowest BCUT2D eigenvalue weighted by atomic mass is 9.99. The molecular weight excluding hydrogens is 480 g/mol. The number of carbonyl (C=O) groups excluding carboxylic acids is 1. The molecule has 0 aliphatic carbocycles. The van der Waals surface area contributed by atoms with Gasteiger partial charge in [-0.2, -0.15) is 0 Å². The zero-order valence-electron chi connectivity index (χ0n) is 19.1. The molecule has 1 amide bonds. The minimum absolute atomic E-state index is 0.0959. The van der Waals surface area contributed by atoms with Crippen LogP contribution in [0.4, 0.5) is 5.69 Å². The van der Waals surface area contributed by atoms with E-state index in [1.54, 1.807) is 30.3 Å². The zero-order valence-corrected chi connectivity index (χ0v) is 20.7. The van der Waals surface area contributed by atoms with E-state index in [-0.39, 0.29) is 4.90 Å². The van der Waals surface area contributed by atoms with Crippen molar-refractivity contribution in [2.45, 2.75) is 17.9 Å². The Hall–Kier alpha value is -3.61. The number of halogens is 1. The van der Waals surface area contributed by atoms with Crippen LogP contribution in [0, 0.1) is 6.92 Å². The van der Waals surface area contributed by atoms with E-state index >= 15 is 0 Å². The molecule has 0 aromatic heterocycles. The second-order valence-electron chi connectivity index (χ2n) is 8.13. The SMILES string of the molecule is Cc1ccc(S(=O)(=O)N(CC(=O)NC(c2ccccc2)c2ccccc2)c2cccc(Cl)c2)cc1. The first kappa shape index (κ1) is 24.5. The molecule has 0 bridgehead atoms. The predicted molar refractivity (Wildman–Crippen MR) is 140 cm³/mol. The van der Waals surface area contributed by atoms with Gasteiger partial charge in [-0.05, 0) is 48.4 Å². The fourth-order valence-electron chi connectivity index (χ4n) is 3.77. The zero-order chi connectivity index (χ0) is 24.8. The topological polar surface area (TPSA) is 66.5 Å². The number of aryl methyl sites for hydroxylation is 1. The van der Waals surface area contributed by atoms with Crippen LogP contribution in [0.25, 0.3) is 0 Å². The Kier molecular flexibility index (Phi) is 7.54. The van der Waals surface area contributed by atoms with Crippen molar-refractivity contribution in [2.24, 2.45) is 0 Å². The summed E-state index contributed by atoms with van der Waals surface area (Å²) in [5, 5.41) is 3.39. The van der Waals surface area contributed by atoms with E-state index < -0.39 is 28.5 Å². The molecule has 0 heterocycles. The van der Waals surface area contributed by atoms with Gasteiger partial charge in [-0.15, -0.1) is 0 Å². The highest BCUT2D eigenvalue weighted by atomic mass is 35.5. The Morgan fingerprint density at radius 2 is 1.40 bits per heavy atom. The molecule has 0 aliphatic rings. The summed E-state index contributed by atoms with van der Waals surface area (Å²) >= 11 is 6.16. The van der Waals surface area contributed by atoms with E-state index in [0.29, 0.717) is 10.7 Å². The monoisotopic (exact) mass is 504 g/mol. The van der Waals surface area contributed by atoms with E-state index in [4.69, 9.17) is 11.6 Å². The van der Waals surface area contributed by atoms with Gasteiger partial charge in [-0.25, -0.2) is 8.42 Å². The number of amides is 1. The molecule has 1 N–H and O–H groups in total. The van der Waals surface area contributed by atoms with Crippen LogP contribution in [0.15, 0.2) is 114 Å². The van der Waals surface area contributed by atoms with Crippen molar-refractivity contribution >= 4 is 33.2 Å². The van der Waals surface area contributed by atoms with E-state index in [0.717, 1.165) is 21.0 Å². The van der Waals surface area contributed by atoms with Crippen LogP contribution in [0.5, 0.6) is 0 Å². The van der Waals surface area contributed by atoms with Gasteiger partial charge in [0.05, 0.1) is 16.6 Å². The number of nitrogens with one attached hydrogen (secondary N) is 1. The van der Waals surface area contributed by atoms with Crippen LogP contribution >= 0.6 is 11.6 Å². The van der Waals surface area contributed by atoms with E-state index in [2.05, 4.69) is 5.32 Å². The Balaban J connectivity index is 1.68. The standard InChI is InChI=1S/C28H25ClN2O3S/c1-21-15-17-26(18-16-21)35(33,34)31(25-14-8-13-24(29)19-25)20-27(32)30-28(22-9-4-2-5-10-22)23-11-6-3-7-12-23/h2-19,28H,20H2,1H3,(H,30,32). The summed E-state index contributed by atoms with van der Waals surface area (Å²) in [4.78, 5) is 13.4. The third-order valence-electron chi connectivity index (χ3n) is 5.56. The van der Waals surface area contributed by atoms with Gasteiger partial charge < -0.3 is 5.32 Å². The molecule has 0 saturated carbocycles. The first-order valence-electron chi connectivity index (χ1n) is 11.1. The maximum atomic E-state index is 13.6. The van der Waals surface area contributed by atoms with Crippen molar-refractivity contribution in [3.05, 3.63) is 131 Å². The number of anilines is 1. The van der Waals surface area contributed by atoms with Crippen molar-refractivity contribution in [3.63, 3.8) is 0 Å². The molecule has 4 aromatic rings. The van der Waals surface area contributed by atoms with Crippen LogP contribution in [-0.2, 0) is 14.8 Å². The molecule has 0 fully saturated rings. The van der Waals surface area contributed by atoms with Gasteiger partial charge in [0, 0.05) is 5.02 Å². The average molecular weight is 505 g/mol. The number of hydrogen-bond donors (Lipinski definition) is 1. The van der Waals surface area contributed by atoms with Crippen molar-refractivity contribution in [1.82, 2.24) is 5.32 Å². The molecule has 178 valence electrons. The van der Waals surface area contributed by atoms with E-state index in [1.807, 2.05) is 67.6 Å². The minimum Gasteiger partial charge on any atom is -0.344 e. The number of rotatable bonds is 8. The number of benzene rings is 4. The Bertz CT molecular complexity index is 1350. The smallest absolute Gasteiger partial charge is 0.264 e. The second kappa shape index (κ2) is 10.8. The van der Waals surface area contributed by atoms with Gasteiger partial charge in [0.25, 0.3) is 10.0 Å². The first-order chi connectivity index (χ1) is 16.8. The minimum atomic E-state index is -4.03. The Labute approximate surface area is 211 Å². The van der Waals surface area contributed by atoms with Crippen LogP contribution in [0.2, 0.25) is 5.02 Å². The number of nitrogens with zero attached hydrogens (tertiary/aromatic N) is 1. The van der Waals surface area contributed by atoms with Gasteiger partial charge in [0.2, 0.25) is 5.91 Å². The number of hydrogen-bond acceptors (Lipinski definition) is 3. The van der Waals surface area contributed by atoms with Crippen molar-refractivity contribution in [3.8, 4) is 0 Å². The first-order valence-corrected chi connectivity index (χ1v) is 12.9. The van der Waals surface area contributed by atoms with Gasteiger partial charge in [0.1, 0.15) is 6.54 Å². The van der Waals surface area contributed by atoms with Crippen LogP contribution in [0.3, 0.4) is 0 Å². The lowest BCUT2D eigenvalue weighted by Crippen LogP contribution is -2.42. The summed E-state index contributed by atoms with van der Waals surface area (Å²) in [6.07, 6.45) is 0. The Morgan fingerprint density at radius 3 is 1.94 bits per heavy atom. The van der Waals surface area contributed by atoms with Crippen LogP contribution in [-0.4, -0.2) is 20.9 Å². The second-order valence-corrected chi connectivity index (χ2v) is 10.4. The maximum absolute atomic E-state index is 13.6. The average Bonchev–Trinajstić information content (AvgIpc) is 2.87. The van der Waals surface area contributed by atoms with Crippen LogP contribution in [0.1, 0.15) is 22.7 Å². The molecule has 35 heavy (non-hydrogen) atoms. The molecule has 0 radical (unpaired) electrons. The van der Waals surface area contributed by atoms with Crippen LogP contribution < -0.4 is 9.62 Å². The summed E-state index contributed by atoms with van der Waals surface area (Å²) in [5.74, 6) is -0.446. The highest BCUT2D eigenvalue weighted by Gasteiger charge is 2.28. The maximum Gasteiger partial charge on any atom is 0.264 e. The fraction of sp³-hybridized carbons (Fsp3) is 0.107. The third-order valence-corrected chi connectivity index (χ3v) is 7.59. The highest BCUT2D eigenvalue weighted by molar-refractivity contribution is 7.92. The summed E-state index contributed by atoms with van der Waals surface area (Å²) in [5.41, 5.74) is 3.03. The van der Waals surface area contributed by atoms with Gasteiger partial charge in [-0.3, -0.25) is 9.10 Å². The predicted octanol–water partition coefficient (Wildman–Crippen LogP) is 5.75. The lowest BCUT2D eigenvalue weighted by Gasteiger charge is -2.26. The molecule has 4 aromatic carbocycles. The van der Waals surface area contributed by atoms with Crippen molar-refractivity contribution in [1.29, 1.82) is 0 Å². The number of carbonyl (C=O) groups is 1. The van der Waals surface area contributed by atoms with Gasteiger partial charge in [0.15, 0.2) is 0 Å². The third kappa shape index (κ3) is 5.91. The molecule has 0 aliphatic heterocycles. The molecule has 0 spiro atoms. The summed E-state index contributed by atoms with van der Waals surface area (Å²) < 4.78 is 28.3. The Morgan fingerprint density at radius 1 is 0.829 bits per heavy atom. The van der Waals surface area contributed by atoms with Crippen molar-refractivity contribution < 1.29 is 13.2 Å². The molecule has 0 unspecified atom stereocenters. The summed E-state index contributed by atoms with van der Waals surface area (Å²) in [7, 11) is -4.03. The molecule has 0 saturated heterocycles. The van der Waals surface area contributed by atoms with Crippen molar-refractivity contribution in [2.75, 3.05) is 10.8 Å². The number of sulfonamides is 1. The summed E-state index contributed by atoms with van der Waals surface area (Å²) in [6, 6.07) is 31.7. The molecule has 7 heteroatoms. The molecular formula is C28H25ClN2O3S. The molecule has 5 nitrogen and oxygen atoms in total. The van der Waals surface area contributed by atoms with E-state index in [1.165, 1.54) is 18.2 Å². The van der Waals surface area contributed by atoms with E-state index in [9.17, 15) is 13.2 Å². The largest absolute Gasteiger partial charge is 0.344 e. The molecule has 0 atom stereocenters. The highest BCUT2D eigenvalue weighted by Crippen LogP contribution is 2.27. The molecule has 4 rings (SSSR count). The quantitative estimate of drug-likeness (QED) is 0.332. The lowest BCUT2D eigenvalue weighted by molar-refractivity contribution is -0.120. The van der Waals surface area contributed by atoms with Gasteiger partial charge >= 0.3 is 0 Å². The normalized spacial score (nSPS) is 11.3. The van der Waals surface area contributed by atoms with Gasteiger partial charge in [-0.1, -0.05) is 96.0 Å². The summed E-state index contributed by atoms with van der Waals surface area (Å²) in [6.45, 7) is 1.47. The fourth-order valence-corrected chi connectivity index (χ4v) is 5.37.